The number of amides is 1. The fourth-order valence-corrected chi connectivity index (χ4v) is 2.73. The van der Waals surface area contributed by atoms with Crippen molar-refractivity contribution in [2.24, 2.45) is 5.73 Å². The predicted molar refractivity (Wildman–Crippen MR) is 78.3 cm³/mol. The second-order valence-electron chi connectivity index (χ2n) is 5.27. The minimum absolute atomic E-state index is 0.104. The van der Waals surface area contributed by atoms with Crippen LogP contribution in [-0.2, 0) is 0 Å². The van der Waals surface area contributed by atoms with Crippen molar-refractivity contribution in [2.45, 2.75) is 24.7 Å². The molecule has 9 heteroatoms. The quantitative estimate of drug-likeness (QED) is 0.878. The SMILES string of the molecule is NC(=O)c1cc2n(n1)C(C(F)(F)F)CC(c1ccc(Cl)cc1)N2. The third-order valence-corrected chi connectivity index (χ3v) is 3.97. The van der Waals surface area contributed by atoms with Crippen molar-refractivity contribution in [3.8, 4) is 0 Å². The number of aromatic nitrogens is 2. The Morgan fingerprint density at radius 3 is 2.57 bits per heavy atom. The number of hydrogen-bond donors (Lipinski definition) is 2. The van der Waals surface area contributed by atoms with Crippen molar-refractivity contribution in [1.82, 2.24) is 9.78 Å². The molecular formula is C14H12ClF3N4O. The van der Waals surface area contributed by atoms with Crippen LogP contribution >= 0.6 is 11.6 Å². The number of benzene rings is 1. The summed E-state index contributed by atoms with van der Waals surface area (Å²) in [5, 5.41) is 7.14. The summed E-state index contributed by atoms with van der Waals surface area (Å²) in [5.74, 6) is -0.773. The molecule has 1 aromatic carbocycles. The first-order valence-corrected chi connectivity index (χ1v) is 7.11. The number of nitrogens with two attached hydrogens (primary N) is 1. The summed E-state index contributed by atoms with van der Waals surface area (Å²) in [7, 11) is 0. The van der Waals surface area contributed by atoms with Crippen molar-refractivity contribution in [1.29, 1.82) is 0 Å². The largest absolute Gasteiger partial charge is 0.410 e. The molecule has 1 amide bonds. The Morgan fingerprint density at radius 1 is 1.35 bits per heavy atom. The Balaban J connectivity index is 2.01. The van der Waals surface area contributed by atoms with Gasteiger partial charge in [-0.2, -0.15) is 18.3 Å². The molecule has 2 aromatic rings. The summed E-state index contributed by atoms with van der Waals surface area (Å²) in [5.41, 5.74) is 5.56. The number of nitrogens with one attached hydrogen (secondary N) is 1. The van der Waals surface area contributed by atoms with Gasteiger partial charge in [0.1, 0.15) is 5.82 Å². The molecule has 0 saturated heterocycles. The van der Waals surface area contributed by atoms with E-state index in [0.717, 1.165) is 4.68 Å². The van der Waals surface area contributed by atoms with E-state index in [-0.39, 0.29) is 17.9 Å². The normalized spacial score (nSPS) is 20.7. The maximum atomic E-state index is 13.4. The topological polar surface area (TPSA) is 72.9 Å². The summed E-state index contributed by atoms with van der Waals surface area (Å²) in [6, 6.07) is 5.35. The van der Waals surface area contributed by atoms with Crippen molar-refractivity contribution in [2.75, 3.05) is 5.32 Å². The summed E-state index contributed by atoms with van der Waals surface area (Å²) < 4.78 is 40.8. The lowest BCUT2D eigenvalue weighted by Crippen LogP contribution is -2.35. The van der Waals surface area contributed by atoms with Crippen molar-refractivity contribution >= 4 is 23.3 Å². The lowest BCUT2D eigenvalue weighted by molar-refractivity contribution is -0.173. The van der Waals surface area contributed by atoms with E-state index in [2.05, 4.69) is 10.4 Å². The Bertz CT molecular complexity index is 741. The van der Waals surface area contributed by atoms with Crippen LogP contribution in [-0.4, -0.2) is 21.9 Å². The molecule has 1 aromatic heterocycles. The average molecular weight is 345 g/mol. The standard InChI is InChI=1S/C14H12ClF3N4O/c15-8-3-1-7(2-4-8)9-5-11(14(16,17)18)22-12(20-9)6-10(21-22)13(19)23/h1-4,6,9,11,20H,5H2,(H2,19,23). The number of alkyl halides is 3. The molecule has 0 aliphatic carbocycles. The van der Waals surface area contributed by atoms with Gasteiger partial charge in [0.2, 0.25) is 0 Å². The third-order valence-electron chi connectivity index (χ3n) is 3.71. The second kappa shape index (κ2) is 5.45. The Hall–Kier alpha value is -2.22. The first-order chi connectivity index (χ1) is 10.8. The van der Waals surface area contributed by atoms with Gasteiger partial charge >= 0.3 is 6.18 Å². The van der Waals surface area contributed by atoms with Crippen LogP contribution in [0.4, 0.5) is 19.0 Å². The van der Waals surface area contributed by atoms with Crippen molar-refractivity contribution in [3.63, 3.8) is 0 Å². The highest BCUT2D eigenvalue weighted by molar-refractivity contribution is 6.30. The van der Waals surface area contributed by atoms with E-state index < -0.39 is 24.2 Å². The number of anilines is 1. The first kappa shape index (κ1) is 15.7. The summed E-state index contributed by atoms with van der Waals surface area (Å²) in [6.45, 7) is 0. The zero-order chi connectivity index (χ0) is 16.8. The zero-order valence-electron chi connectivity index (χ0n) is 11.6. The molecule has 2 unspecified atom stereocenters. The van der Waals surface area contributed by atoms with Crippen molar-refractivity contribution in [3.05, 3.63) is 46.6 Å². The number of halogens is 4. The Morgan fingerprint density at radius 2 is 2.00 bits per heavy atom. The number of carbonyl (C=O) groups excluding carboxylic acids is 1. The van der Waals surface area contributed by atoms with E-state index in [9.17, 15) is 18.0 Å². The highest BCUT2D eigenvalue weighted by atomic mass is 35.5. The van der Waals surface area contributed by atoms with Crippen LogP contribution in [0.5, 0.6) is 0 Å². The van der Waals surface area contributed by atoms with Gasteiger partial charge in [0.15, 0.2) is 11.7 Å². The van der Waals surface area contributed by atoms with Gasteiger partial charge < -0.3 is 11.1 Å². The van der Waals surface area contributed by atoms with E-state index >= 15 is 0 Å². The maximum absolute atomic E-state index is 13.4. The number of nitrogens with zero attached hydrogens (tertiary/aromatic N) is 2. The molecule has 2 atom stereocenters. The van der Waals surface area contributed by atoms with Gasteiger partial charge in [0, 0.05) is 17.5 Å². The smallest absolute Gasteiger partial charge is 0.364 e. The van der Waals surface area contributed by atoms with Gasteiger partial charge in [-0.25, -0.2) is 4.68 Å². The second-order valence-corrected chi connectivity index (χ2v) is 5.70. The molecule has 1 aliphatic heterocycles. The summed E-state index contributed by atoms with van der Waals surface area (Å²) in [6.07, 6.45) is -4.75. The Labute approximate surface area is 134 Å². The van der Waals surface area contributed by atoms with E-state index in [4.69, 9.17) is 17.3 Å². The van der Waals surface area contributed by atoms with Crippen molar-refractivity contribution < 1.29 is 18.0 Å². The molecule has 0 fully saturated rings. The predicted octanol–water partition coefficient (Wildman–Crippen LogP) is 3.30. The molecule has 1 aliphatic rings. The van der Waals surface area contributed by atoms with Crippen LogP contribution in [0.25, 0.3) is 0 Å². The van der Waals surface area contributed by atoms with Crippen LogP contribution in [0.2, 0.25) is 5.02 Å². The van der Waals surface area contributed by atoms with E-state index in [1.807, 2.05) is 0 Å². The van der Waals surface area contributed by atoms with E-state index in [0.29, 0.717) is 10.6 Å². The highest BCUT2D eigenvalue weighted by Gasteiger charge is 2.46. The lowest BCUT2D eigenvalue weighted by Gasteiger charge is -2.33. The number of primary amides is 1. The van der Waals surface area contributed by atoms with Gasteiger partial charge in [-0.05, 0) is 17.7 Å². The number of hydrogen-bond acceptors (Lipinski definition) is 3. The van der Waals surface area contributed by atoms with Gasteiger partial charge in [0.05, 0.1) is 6.04 Å². The molecule has 3 N–H and O–H groups in total. The first-order valence-electron chi connectivity index (χ1n) is 6.74. The van der Waals surface area contributed by atoms with Crippen LogP contribution in [0.3, 0.4) is 0 Å². The van der Waals surface area contributed by atoms with Crippen LogP contribution in [0.1, 0.15) is 34.6 Å². The molecule has 3 rings (SSSR count). The monoisotopic (exact) mass is 344 g/mol. The highest BCUT2D eigenvalue weighted by Crippen LogP contribution is 2.43. The average Bonchev–Trinajstić information content (AvgIpc) is 2.90. The van der Waals surface area contributed by atoms with Gasteiger partial charge in [0.25, 0.3) is 5.91 Å². The molecule has 2 heterocycles. The Kier molecular flexibility index (Phi) is 3.71. The van der Waals surface area contributed by atoms with E-state index in [1.165, 1.54) is 6.07 Å². The van der Waals surface area contributed by atoms with Crippen LogP contribution in [0.15, 0.2) is 30.3 Å². The van der Waals surface area contributed by atoms with Crippen LogP contribution in [0, 0.1) is 0 Å². The molecule has 5 nitrogen and oxygen atoms in total. The van der Waals surface area contributed by atoms with E-state index in [1.54, 1.807) is 24.3 Å². The summed E-state index contributed by atoms with van der Waals surface area (Å²) in [4.78, 5) is 11.2. The minimum atomic E-state index is -4.50. The van der Waals surface area contributed by atoms with Crippen LogP contribution < -0.4 is 11.1 Å². The molecule has 0 radical (unpaired) electrons. The van der Waals surface area contributed by atoms with Gasteiger partial charge in [-0.1, -0.05) is 23.7 Å². The summed E-state index contributed by atoms with van der Waals surface area (Å²) >= 11 is 5.81. The number of carbonyl (C=O) groups is 1. The van der Waals surface area contributed by atoms with Gasteiger partial charge in [-0.3, -0.25) is 4.79 Å². The molecule has 0 saturated carbocycles. The molecule has 0 bridgehead atoms. The zero-order valence-corrected chi connectivity index (χ0v) is 12.4. The minimum Gasteiger partial charge on any atom is -0.364 e. The number of rotatable bonds is 2. The molecule has 23 heavy (non-hydrogen) atoms. The lowest BCUT2D eigenvalue weighted by atomic mass is 9.97. The molecule has 122 valence electrons. The molecular weight excluding hydrogens is 333 g/mol. The molecule has 0 spiro atoms. The number of fused-ring (bicyclic) bond motifs is 1. The third kappa shape index (κ3) is 2.98. The van der Waals surface area contributed by atoms with Gasteiger partial charge in [-0.15, -0.1) is 0 Å². The maximum Gasteiger partial charge on any atom is 0.410 e. The fourth-order valence-electron chi connectivity index (χ4n) is 2.61. The fraction of sp³-hybridized carbons (Fsp3) is 0.286.